The van der Waals surface area contributed by atoms with Crippen molar-refractivity contribution in [1.82, 2.24) is 15.5 Å². The average Bonchev–Trinajstić information content (AvgIpc) is 3.04. The fourth-order valence-electron chi connectivity index (χ4n) is 1.90. The van der Waals surface area contributed by atoms with Gasteiger partial charge in [0, 0.05) is 16.3 Å². The molecule has 116 valence electrons. The van der Waals surface area contributed by atoms with Crippen LogP contribution in [0, 0.1) is 0 Å². The molecule has 0 radical (unpaired) electrons. The molecule has 23 heavy (non-hydrogen) atoms. The van der Waals surface area contributed by atoms with E-state index < -0.39 is 0 Å². The first-order valence-corrected chi connectivity index (χ1v) is 7.68. The molecule has 0 unspecified atom stereocenters. The Balaban J connectivity index is 1.57. The first-order chi connectivity index (χ1) is 11.2. The largest absolute Gasteiger partial charge is 0.353 e. The van der Waals surface area contributed by atoms with E-state index in [1.54, 1.807) is 12.1 Å². The summed E-state index contributed by atoms with van der Waals surface area (Å²) in [6.07, 6.45) is 0. The lowest BCUT2D eigenvalue weighted by Gasteiger charge is -2.08. The van der Waals surface area contributed by atoms with Crippen molar-refractivity contribution in [3.05, 3.63) is 65.5 Å². The summed E-state index contributed by atoms with van der Waals surface area (Å²) < 4.78 is 5.21. The fourth-order valence-corrected chi connectivity index (χ4v) is 2.21. The number of nitrogens with one attached hydrogen (secondary N) is 2. The van der Waals surface area contributed by atoms with Gasteiger partial charge in [0.2, 0.25) is 11.7 Å². The maximum atomic E-state index is 5.86. The topological polar surface area (TPSA) is 63.0 Å². The monoisotopic (exact) mass is 344 g/mol. The van der Waals surface area contributed by atoms with Crippen molar-refractivity contribution in [3.63, 3.8) is 0 Å². The van der Waals surface area contributed by atoms with E-state index in [2.05, 4.69) is 20.8 Å². The molecule has 0 saturated heterocycles. The normalized spacial score (nSPS) is 10.3. The van der Waals surface area contributed by atoms with Crippen LogP contribution in [0.3, 0.4) is 0 Å². The number of anilines is 1. The van der Waals surface area contributed by atoms with Gasteiger partial charge in [0.15, 0.2) is 5.11 Å². The maximum Gasteiger partial charge on any atom is 0.246 e. The number of hydrogen-bond acceptors (Lipinski definition) is 4. The van der Waals surface area contributed by atoms with Crippen molar-refractivity contribution in [1.29, 1.82) is 0 Å². The van der Waals surface area contributed by atoms with E-state index in [9.17, 15) is 0 Å². The van der Waals surface area contributed by atoms with Gasteiger partial charge in [-0.2, -0.15) is 4.98 Å². The Bertz CT molecular complexity index is 789. The molecule has 1 heterocycles. The molecule has 0 fully saturated rings. The molecule has 2 N–H and O–H groups in total. The van der Waals surface area contributed by atoms with Crippen LogP contribution in [0.5, 0.6) is 0 Å². The molecule has 7 heteroatoms. The van der Waals surface area contributed by atoms with Gasteiger partial charge in [-0.25, -0.2) is 0 Å². The summed E-state index contributed by atoms with van der Waals surface area (Å²) in [5.41, 5.74) is 1.76. The number of benzene rings is 2. The zero-order chi connectivity index (χ0) is 16.1. The Labute approximate surface area is 143 Å². The Hall–Kier alpha value is -2.44. The third-order valence-electron chi connectivity index (χ3n) is 3.00. The van der Waals surface area contributed by atoms with Crippen LogP contribution in [0.15, 0.2) is 59.1 Å². The standard InChI is InChI=1S/C16H13ClN4OS/c17-12-8-6-11(7-9-12)15-20-14(22-21-15)10-18-16(23)19-13-4-2-1-3-5-13/h1-9H,10H2,(H2,18,19,23). The molecule has 0 amide bonds. The molecular formula is C16H13ClN4OS. The van der Waals surface area contributed by atoms with Crippen molar-refractivity contribution in [3.8, 4) is 11.4 Å². The number of thiocarbonyl (C=S) groups is 1. The molecule has 3 aromatic rings. The van der Waals surface area contributed by atoms with Crippen LogP contribution < -0.4 is 10.6 Å². The Morgan fingerprint density at radius 1 is 1.09 bits per heavy atom. The number of hydrogen-bond donors (Lipinski definition) is 2. The van der Waals surface area contributed by atoms with E-state index in [0.29, 0.717) is 28.4 Å². The zero-order valence-corrected chi connectivity index (χ0v) is 13.6. The highest BCUT2D eigenvalue weighted by Crippen LogP contribution is 2.18. The SMILES string of the molecule is S=C(NCc1nc(-c2ccc(Cl)cc2)no1)Nc1ccccc1. The summed E-state index contributed by atoms with van der Waals surface area (Å²) in [5, 5.41) is 11.2. The van der Waals surface area contributed by atoms with Crippen LogP contribution in [-0.2, 0) is 6.54 Å². The lowest BCUT2D eigenvalue weighted by molar-refractivity contribution is 0.376. The van der Waals surface area contributed by atoms with Gasteiger partial charge in [0.1, 0.15) is 0 Å². The van der Waals surface area contributed by atoms with Crippen LogP contribution in [0.25, 0.3) is 11.4 Å². The molecule has 0 bridgehead atoms. The number of halogens is 1. The second-order valence-corrected chi connectivity index (χ2v) is 5.54. The molecule has 0 aliphatic heterocycles. The smallest absolute Gasteiger partial charge is 0.246 e. The van der Waals surface area contributed by atoms with Gasteiger partial charge >= 0.3 is 0 Å². The van der Waals surface area contributed by atoms with Gasteiger partial charge in [-0.05, 0) is 48.6 Å². The summed E-state index contributed by atoms with van der Waals surface area (Å²) in [6.45, 7) is 0.346. The molecule has 3 rings (SSSR count). The number of rotatable bonds is 4. The van der Waals surface area contributed by atoms with Crippen LogP contribution in [0.4, 0.5) is 5.69 Å². The minimum atomic E-state index is 0.346. The first kappa shape index (κ1) is 15.5. The summed E-state index contributed by atoms with van der Waals surface area (Å²) in [6, 6.07) is 16.9. The molecular weight excluding hydrogens is 332 g/mol. The Morgan fingerprint density at radius 2 is 1.83 bits per heavy atom. The van der Waals surface area contributed by atoms with E-state index in [0.717, 1.165) is 11.3 Å². The zero-order valence-electron chi connectivity index (χ0n) is 12.0. The predicted molar refractivity (Wildman–Crippen MR) is 94.2 cm³/mol. The van der Waals surface area contributed by atoms with E-state index in [-0.39, 0.29) is 0 Å². The van der Waals surface area contributed by atoms with Crippen molar-refractivity contribution in [2.75, 3.05) is 5.32 Å². The Kier molecular flexibility index (Phi) is 4.85. The third kappa shape index (κ3) is 4.28. The van der Waals surface area contributed by atoms with Crippen LogP contribution in [0.2, 0.25) is 5.02 Å². The highest BCUT2D eigenvalue weighted by Gasteiger charge is 2.09. The van der Waals surface area contributed by atoms with Crippen molar-refractivity contribution >= 4 is 34.6 Å². The van der Waals surface area contributed by atoms with Gasteiger partial charge in [-0.15, -0.1) is 0 Å². The lowest BCUT2D eigenvalue weighted by atomic mass is 10.2. The molecule has 0 atom stereocenters. The van der Waals surface area contributed by atoms with Gasteiger partial charge in [-0.3, -0.25) is 0 Å². The van der Waals surface area contributed by atoms with Gasteiger partial charge in [0.05, 0.1) is 6.54 Å². The first-order valence-electron chi connectivity index (χ1n) is 6.89. The highest BCUT2D eigenvalue weighted by molar-refractivity contribution is 7.80. The Morgan fingerprint density at radius 3 is 2.57 bits per heavy atom. The molecule has 0 aliphatic carbocycles. The van der Waals surface area contributed by atoms with Crippen molar-refractivity contribution in [2.45, 2.75) is 6.54 Å². The van der Waals surface area contributed by atoms with Gasteiger partial charge in [0.25, 0.3) is 0 Å². The fraction of sp³-hybridized carbons (Fsp3) is 0.0625. The second kappa shape index (κ2) is 7.21. The van der Waals surface area contributed by atoms with Gasteiger partial charge in [-0.1, -0.05) is 35.0 Å². The number of para-hydroxylation sites is 1. The summed E-state index contributed by atoms with van der Waals surface area (Å²) in [7, 11) is 0. The molecule has 5 nitrogen and oxygen atoms in total. The van der Waals surface area contributed by atoms with E-state index in [1.807, 2.05) is 42.5 Å². The van der Waals surface area contributed by atoms with E-state index >= 15 is 0 Å². The van der Waals surface area contributed by atoms with Crippen LogP contribution >= 0.6 is 23.8 Å². The molecule has 0 aliphatic rings. The minimum absolute atomic E-state index is 0.346. The minimum Gasteiger partial charge on any atom is -0.353 e. The lowest BCUT2D eigenvalue weighted by Crippen LogP contribution is -2.27. The molecule has 1 aromatic heterocycles. The van der Waals surface area contributed by atoms with Gasteiger partial charge < -0.3 is 15.2 Å². The van der Waals surface area contributed by atoms with E-state index in [4.69, 9.17) is 28.3 Å². The number of aromatic nitrogens is 2. The predicted octanol–water partition coefficient (Wildman–Crippen LogP) is 3.88. The number of nitrogens with zero attached hydrogens (tertiary/aromatic N) is 2. The van der Waals surface area contributed by atoms with Crippen molar-refractivity contribution in [2.24, 2.45) is 0 Å². The molecule has 2 aromatic carbocycles. The van der Waals surface area contributed by atoms with Crippen LogP contribution in [-0.4, -0.2) is 15.3 Å². The average molecular weight is 345 g/mol. The highest BCUT2D eigenvalue weighted by atomic mass is 35.5. The van der Waals surface area contributed by atoms with Crippen molar-refractivity contribution < 1.29 is 4.52 Å². The third-order valence-corrected chi connectivity index (χ3v) is 3.50. The second-order valence-electron chi connectivity index (χ2n) is 4.69. The maximum absolute atomic E-state index is 5.86. The summed E-state index contributed by atoms with van der Waals surface area (Å²) in [4.78, 5) is 4.32. The van der Waals surface area contributed by atoms with E-state index in [1.165, 1.54) is 0 Å². The summed E-state index contributed by atoms with van der Waals surface area (Å²) >= 11 is 11.1. The van der Waals surface area contributed by atoms with Crippen LogP contribution in [0.1, 0.15) is 5.89 Å². The molecule has 0 saturated carbocycles. The summed E-state index contributed by atoms with van der Waals surface area (Å²) in [5.74, 6) is 0.965. The molecule has 0 spiro atoms. The quantitative estimate of drug-likeness (QED) is 0.700.